The molecule has 1 saturated carbocycles. The normalized spacial score (nSPS) is 18.2. The maximum atomic E-state index is 13.7. The van der Waals surface area contributed by atoms with E-state index in [0.29, 0.717) is 24.4 Å². The number of rotatable bonds is 16. The van der Waals surface area contributed by atoms with Gasteiger partial charge in [0.2, 0.25) is 5.89 Å². The summed E-state index contributed by atoms with van der Waals surface area (Å²) in [6, 6.07) is 28.8. The average molecular weight is 625 g/mol. The molecule has 1 heterocycles. The molecule has 1 aliphatic rings. The minimum atomic E-state index is -0.169. The second kappa shape index (κ2) is 17.0. The summed E-state index contributed by atoms with van der Waals surface area (Å²) in [5.41, 5.74) is 4.85. The molecular weight excluding hydrogens is 571 g/mol. The topological polar surface area (TPSA) is 44.5 Å². The first-order valence-corrected chi connectivity index (χ1v) is 17.4. The van der Waals surface area contributed by atoms with Crippen LogP contribution in [0.1, 0.15) is 92.1 Å². The van der Waals surface area contributed by atoms with Crippen LogP contribution in [-0.2, 0) is 19.4 Å². The molecule has 1 N–H and O–H groups in total. The van der Waals surface area contributed by atoms with E-state index in [-0.39, 0.29) is 11.9 Å². The summed E-state index contributed by atoms with van der Waals surface area (Å²) < 4.78 is 20.4. The highest BCUT2D eigenvalue weighted by molar-refractivity contribution is 5.25. The molecule has 5 nitrogen and oxygen atoms in total. The Hall–Kier alpha value is -3.32. The average Bonchev–Trinajstić information content (AvgIpc) is 3.47. The molecule has 2 unspecified atom stereocenters. The Morgan fingerprint density at radius 1 is 0.848 bits per heavy atom. The lowest BCUT2D eigenvalue weighted by molar-refractivity contribution is 0.111. The van der Waals surface area contributed by atoms with Gasteiger partial charge in [-0.2, -0.15) is 0 Å². The van der Waals surface area contributed by atoms with Gasteiger partial charge in [0.05, 0.1) is 18.3 Å². The van der Waals surface area contributed by atoms with Crippen LogP contribution in [0.4, 0.5) is 4.39 Å². The van der Waals surface area contributed by atoms with Gasteiger partial charge in [-0.25, -0.2) is 9.37 Å². The van der Waals surface area contributed by atoms with Crippen molar-refractivity contribution in [2.24, 2.45) is 11.8 Å². The van der Waals surface area contributed by atoms with Crippen LogP contribution in [-0.4, -0.2) is 48.5 Å². The fourth-order valence-corrected chi connectivity index (χ4v) is 7.47. The van der Waals surface area contributed by atoms with E-state index in [4.69, 9.17) is 9.40 Å². The molecule has 246 valence electrons. The first kappa shape index (κ1) is 34.0. The Kier molecular flexibility index (Phi) is 12.6. The van der Waals surface area contributed by atoms with Gasteiger partial charge in [0, 0.05) is 12.5 Å². The maximum Gasteiger partial charge on any atom is 0.212 e. The number of aromatic nitrogens is 1. The van der Waals surface area contributed by atoms with Crippen LogP contribution in [0.15, 0.2) is 89.3 Å². The minimum Gasteiger partial charge on any atom is -0.442 e. The van der Waals surface area contributed by atoms with Crippen LogP contribution in [0.2, 0.25) is 0 Å². The third-order valence-electron chi connectivity index (χ3n) is 9.93. The molecule has 4 aromatic rings. The molecule has 5 rings (SSSR count). The van der Waals surface area contributed by atoms with E-state index >= 15 is 0 Å². The van der Waals surface area contributed by atoms with Crippen LogP contribution >= 0.6 is 0 Å². The smallest absolute Gasteiger partial charge is 0.212 e. The number of benzene rings is 3. The quantitative estimate of drug-likeness (QED) is 0.127. The number of oxazole rings is 1. The van der Waals surface area contributed by atoms with Crippen LogP contribution in [0.5, 0.6) is 0 Å². The van der Waals surface area contributed by atoms with Crippen molar-refractivity contribution >= 4 is 0 Å². The molecule has 0 aliphatic heterocycles. The molecule has 1 aromatic heterocycles. The molecule has 3 aromatic carbocycles. The lowest BCUT2D eigenvalue weighted by Crippen LogP contribution is -2.33. The van der Waals surface area contributed by atoms with E-state index in [1.54, 1.807) is 12.1 Å². The lowest BCUT2D eigenvalue weighted by atomic mass is 9.74. The van der Waals surface area contributed by atoms with Crippen molar-refractivity contribution in [3.63, 3.8) is 0 Å². The fourth-order valence-electron chi connectivity index (χ4n) is 7.47. The van der Waals surface area contributed by atoms with Crippen LogP contribution in [0, 0.1) is 17.7 Å². The Bertz CT molecular complexity index is 1430. The Balaban J connectivity index is 1.30. The summed E-state index contributed by atoms with van der Waals surface area (Å²) in [6.07, 6.45) is 7.55. The molecule has 0 bridgehead atoms. The third kappa shape index (κ3) is 9.15. The zero-order chi connectivity index (χ0) is 32.3. The first-order chi connectivity index (χ1) is 22.4. The molecule has 1 aliphatic carbocycles. The number of halogens is 1. The highest BCUT2D eigenvalue weighted by atomic mass is 19.1. The van der Waals surface area contributed by atoms with E-state index in [0.717, 1.165) is 56.2 Å². The van der Waals surface area contributed by atoms with Gasteiger partial charge in [0.1, 0.15) is 11.6 Å². The number of hydrogen-bond acceptors (Lipinski definition) is 5. The van der Waals surface area contributed by atoms with Gasteiger partial charge in [-0.3, -0.25) is 4.90 Å². The van der Waals surface area contributed by atoms with Gasteiger partial charge in [-0.15, -0.1) is 0 Å². The number of nitrogens with zero attached hydrogens (tertiary/aromatic N) is 3. The second-order valence-corrected chi connectivity index (χ2v) is 13.2. The molecule has 0 saturated heterocycles. The number of hydrogen-bond donors (Lipinski definition) is 1. The summed E-state index contributed by atoms with van der Waals surface area (Å²) >= 11 is 0. The molecule has 0 radical (unpaired) electrons. The Morgan fingerprint density at radius 3 is 2.09 bits per heavy atom. The highest BCUT2D eigenvalue weighted by Gasteiger charge is 2.34. The molecule has 0 spiro atoms. The van der Waals surface area contributed by atoms with Gasteiger partial charge in [-0.05, 0) is 100 Å². The molecular formula is C40H53FN4O. The van der Waals surface area contributed by atoms with Gasteiger partial charge in [0.15, 0.2) is 0 Å². The zero-order valence-electron chi connectivity index (χ0n) is 28.3. The van der Waals surface area contributed by atoms with Crippen molar-refractivity contribution in [3.05, 3.63) is 125 Å². The van der Waals surface area contributed by atoms with Crippen molar-refractivity contribution in [2.75, 3.05) is 33.7 Å². The van der Waals surface area contributed by atoms with Crippen molar-refractivity contribution in [3.8, 4) is 0 Å². The van der Waals surface area contributed by atoms with Gasteiger partial charge < -0.3 is 14.6 Å². The molecule has 6 heteroatoms. The van der Waals surface area contributed by atoms with Crippen LogP contribution in [0.25, 0.3) is 0 Å². The minimum absolute atomic E-state index is 0.158. The Morgan fingerprint density at radius 2 is 1.48 bits per heavy atom. The second-order valence-electron chi connectivity index (χ2n) is 13.2. The SMILES string of the molecule is CCN(CC)C(CC1CCC(C(c2ccc(F)cc2)N(C)C)CC1)c1nc(Cc2ccccc2)c(CNCCc2ccccc2)o1. The van der Waals surface area contributed by atoms with E-state index in [1.807, 2.05) is 12.1 Å². The standard InChI is InChI=1S/C40H53FN4O/c1-5-45(6-2)37(28-32-17-19-33(20-18-32)39(44(3)4)34-21-23-35(41)24-22-34)40-43-36(27-31-15-11-8-12-16-31)38(46-40)29-42-26-25-30-13-9-7-10-14-30/h7-16,21-24,32-33,37,39,42H,5-6,17-20,25-29H2,1-4H3. The van der Waals surface area contributed by atoms with Crippen LogP contribution in [0.3, 0.4) is 0 Å². The van der Waals surface area contributed by atoms with Crippen molar-refractivity contribution < 1.29 is 8.81 Å². The van der Waals surface area contributed by atoms with E-state index in [1.165, 1.54) is 42.4 Å². The van der Waals surface area contributed by atoms with E-state index < -0.39 is 0 Å². The summed E-state index contributed by atoms with van der Waals surface area (Å²) in [5, 5.41) is 3.64. The predicted octanol–water partition coefficient (Wildman–Crippen LogP) is 8.62. The van der Waals surface area contributed by atoms with Crippen molar-refractivity contribution in [2.45, 2.75) is 77.4 Å². The van der Waals surface area contributed by atoms with Crippen molar-refractivity contribution in [1.29, 1.82) is 0 Å². The first-order valence-electron chi connectivity index (χ1n) is 17.4. The molecule has 1 fully saturated rings. The fraction of sp³-hybridized carbons (Fsp3) is 0.475. The summed E-state index contributed by atoms with van der Waals surface area (Å²) in [6.45, 7) is 7.98. The van der Waals surface area contributed by atoms with Crippen LogP contribution < -0.4 is 5.32 Å². The Labute approximate surface area is 276 Å². The van der Waals surface area contributed by atoms with E-state index in [9.17, 15) is 4.39 Å². The lowest BCUT2D eigenvalue weighted by Gasteiger charge is -2.39. The van der Waals surface area contributed by atoms with Gasteiger partial charge in [-0.1, -0.05) is 99.5 Å². The summed E-state index contributed by atoms with van der Waals surface area (Å²) in [7, 11) is 4.31. The largest absolute Gasteiger partial charge is 0.442 e. The highest BCUT2D eigenvalue weighted by Crippen LogP contribution is 2.42. The third-order valence-corrected chi connectivity index (χ3v) is 9.93. The van der Waals surface area contributed by atoms with E-state index in [2.05, 4.69) is 104 Å². The predicted molar refractivity (Wildman–Crippen MR) is 186 cm³/mol. The number of nitrogens with one attached hydrogen (secondary N) is 1. The monoisotopic (exact) mass is 624 g/mol. The molecule has 2 atom stereocenters. The van der Waals surface area contributed by atoms with Gasteiger partial charge in [0.25, 0.3) is 0 Å². The molecule has 0 amide bonds. The molecule has 46 heavy (non-hydrogen) atoms. The summed E-state index contributed by atoms with van der Waals surface area (Å²) in [5.74, 6) is 2.85. The van der Waals surface area contributed by atoms with Gasteiger partial charge >= 0.3 is 0 Å². The van der Waals surface area contributed by atoms with Crippen molar-refractivity contribution in [1.82, 2.24) is 20.1 Å². The summed E-state index contributed by atoms with van der Waals surface area (Å²) in [4.78, 5) is 10.1. The zero-order valence-corrected chi connectivity index (χ0v) is 28.3. The maximum absolute atomic E-state index is 13.7.